The largest absolute Gasteiger partial charge is 0.393 e. The molecule has 1 aromatic rings. The van der Waals surface area contributed by atoms with Crippen LogP contribution in [0.5, 0.6) is 0 Å². The summed E-state index contributed by atoms with van der Waals surface area (Å²) < 4.78 is 0. The number of hydrogen-bond acceptors (Lipinski definition) is 4. The zero-order valence-corrected chi connectivity index (χ0v) is 10.1. The van der Waals surface area contributed by atoms with Crippen LogP contribution in [-0.4, -0.2) is 18.5 Å². The Balaban J connectivity index is 2.99. The zero-order chi connectivity index (χ0) is 12.8. The van der Waals surface area contributed by atoms with Gasteiger partial charge in [0.2, 0.25) is 0 Å². The van der Waals surface area contributed by atoms with Crippen LogP contribution in [0.1, 0.15) is 17.5 Å². The lowest BCUT2D eigenvalue weighted by Crippen LogP contribution is -2.05. The fraction of sp³-hybridized carbons (Fsp3) is 0.333. The minimum absolute atomic E-state index is 0.0294. The SMILES string of the molecule is CNCCC=Cc1cc(C)cc([N+](=O)[O-])c1N. The number of aryl methyl sites for hydroxylation is 1. The number of nitrogens with one attached hydrogen (secondary N) is 1. The summed E-state index contributed by atoms with van der Waals surface area (Å²) in [6.07, 6.45) is 4.63. The first-order chi connectivity index (χ1) is 8.06. The van der Waals surface area contributed by atoms with Crippen LogP contribution < -0.4 is 11.1 Å². The van der Waals surface area contributed by atoms with Gasteiger partial charge in [-0.2, -0.15) is 0 Å². The van der Waals surface area contributed by atoms with E-state index >= 15 is 0 Å². The molecular weight excluding hydrogens is 218 g/mol. The Morgan fingerprint density at radius 1 is 1.53 bits per heavy atom. The first kappa shape index (κ1) is 13.2. The van der Waals surface area contributed by atoms with Crippen LogP contribution in [0.25, 0.3) is 6.08 Å². The molecule has 0 bridgehead atoms. The van der Waals surface area contributed by atoms with Crippen LogP contribution in [-0.2, 0) is 0 Å². The minimum atomic E-state index is -0.451. The highest BCUT2D eigenvalue weighted by atomic mass is 16.6. The normalized spacial score (nSPS) is 10.9. The van der Waals surface area contributed by atoms with Crippen molar-refractivity contribution in [1.82, 2.24) is 5.32 Å². The third kappa shape index (κ3) is 3.57. The molecule has 5 heteroatoms. The Kier molecular flexibility index (Phi) is 4.66. The Hall–Kier alpha value is -1.88. The Morgan fingerprint density at radius 3 is 2.82 bits per heavy atom. The van der Waals surface area contributed by atoms with Crippen molar-refractivity contribution in [3.63, 3.8) is 0 Å². The molecule has 0 heterocycles. The predicted octanol–water partition coefficient (Wildman–Crippen LogP) is 2.11. The van der Waals surface area contributed by atoms with Gasteiger partial charge in [0, 0.05) is 11.6 Å². The van der Waals surface area contributed by atoms with Gasteiger partial charge in [0.25, 0.3) is 5.69 Å². The summed E-state index contributed by atoms with van der Waals surface area (Å²) in [6, 6.07) is 3.33. The molecule has 0 atom stereocenters. The fourth-order valence-electron chi connectivity index (χ4n) is 1.53. The van der Waals surface area contributed by atoms with E-state index in [-0.39, 0.29) is 11.4 Å². The van der Waals surface area contributed by atoms with Crippen molar-refractivity contribution >= 4 is 17.5 Å². The third-order valence-corrected chi connectivity index (χ3v) is 2.39. The molecule has 0 saturated heterocycles. The number of nitrogens with zero attached hydrogens (tertiary/aromatic N) is 1. The summed E-state index contributed by atoms with van der Waals surface area (Å²) in [4.78, 5) is 10.3. The van der Waals surface area contributed by atoms with E-state index < -0.39 is 4.92 Å². The van der Waals surface area contributed by atoms with Crippen molar-refractivity contribution in [1.29, 1.82) is 0 Å². The number of nitrogens with two attached hydrogens (primary N) is 1. The number of nitrogen functional groups attached to an aromatic ring is 1. The van der Waals surface area contributed by atoms with Crippen LogP contribution >= 0.6 is 0 Å². The van der Waals surface area contributed by atoms with Crippen LogP contribution in [0.3, 0.4) is 0 Å². The standard InChI is InChI=1S/C12H17N3O2/c1-9-7-10(5-3-4-6-14-2)12(13)11(8-9)15(16)17/h3,5,7-8,14H,4,6,13H2,1-2H3. The van der Waals surface area contributed by atoms with E-state index in [9.17, 15) is 10.1 Å². The van der Waals surface area contributed by atoms with Crippen molar-refractivity contribution in [3.8, 4) is 0 Å². The molecule has 0 radical (unpaired) electrons. The fourth-order valence-corrected chi connectivity index (χ4v) is 1.53. The quantitative estimate of drug-likeness (QED) is 0.354. The molecule has 5 nitrogen and oxygen atoms in total. The van der Waals surface area contributed by atoms with Gasteiger partial charge in [0.05, 0.1) is 4.92 Å². The molecule has 17 heavy (non-hydrogen) atoms. The highest BCUT2D eigenvalue weighted by Crippen LogP contribution is 2.27. The average Bonchev–Trinajstić information content (AvgIpc) is 2.28. The highest BCUT2D eigenvalue weighted by Gasteiger charge is 2.14. The lowest BCUT2D eigenvalue weighted by molar-refractivity contribution is -0.383. The molecule has 1 aromatic carbocycles. The van der Waals surface area contributed by atoms with Gasteiger partial charge >= 0.3 is 0 Å². The zero-order valence-electron chi connectivity index (χ0n) is 10.1. The monoisotopic (exact) mass is 235 g/mol. The molecule has 1 rings (SSSR count). The van der Waals surface area contributed by atoms with Crippen molar-refractivity contribution in [2.24, 2.45) is 0 Å². The molecule has 0 saturated carbocycles. The molecule has 0 fully saturated rings. The summed E-state index contributed by atoms with van der Waals surface area (Å²) in [5, 5.41) is 13.8. The number of nitro benzene ring substituents is 1. The van der Waals surface area contributed by atoms with E-state index in [2.05, 4.69) is 5.32 Å². The maximum atomic E-state index is 10.8. The van der Waals surface area contributed by atoms with E-state index in [1.54, 1.807) is 0 Å². The highest BCUT2D eigenvalue weighted by molar-refractivity contribution is 5.74. The van der Waals surface area contributed by atoms with Crippen molar-refractivity contribution < 1.29 is 4.92 Å². The molecule has 0 aromatic heterocycles. The van der Waals surface area contributed by atoms with Crippen LogP contribution in [0, 0.1) is 17.0 Å². The van der Waals surface area contributed by atoms with E-state index in [1.807, 2.05) is 32.2 Å². The molecule has 0 amide bonds. The topological polar surface area (TPSA) is 81.2 Å². The number of benzene rings is 1. The first-order valence-corrected chi connectivity index (χ1v) is 5.42. The Labute approximate surface area is 100 Å². The molecule has 3 N–H and O–H groups in total. The number of anilines is 1. The van der Waals surface area contributed by atoms with Crippen molar-refractivity contribution in [2.75, 3.05) is 19.3 Å². The number of nitro groups is 1. The molecule has 0 unspecified atom stereocenters. The Morgan fingerprint density at radius 2 is 2.24 bits per heavy atom. The maximum Gasteiger partial charge on any atom is 0.292 e. The van der Waals surface area contributed by atoms with Gasteiger partial charge in [-0.3, -0.25) is 10.1 Å². The summed E-state index contributed by atoms with van der Waals surface area (Å²) in [5.41, 5.74) is 7.49. The molecule has 0 aliphatic heterocycles. The predicted molar refractivity (Wildman–Crippen MR) is 69.8 cm³/mol. The van der Waals surface area contributed by atoms with E-state index in [0.29, 0.717) is 5.56 Å². The van der Waals surface area contributed by atoms with Gasteiger partial charge in [-0.05, 0) is 38.6 Å². The second-order valence-corrected chi connectivity index (χ2v) is 3.84. The Bertz CT molecular complexity index is 442. The summed E-state index contributed by atoms with van der Waals surface area (Å²) in [7, 11) is 1.87. The minimum Gasteiger partial charge on any atom is -0.393 e. The number of rotatable bonds is 5. The van der Waals surface area contributed by atoms with Crippen LogP contribution in [0.2, 0.25) is 0 Å². The van der Waals surface area contributed by atoms with Crippen molar-refractivity contribution in [3.05, 3.63) is 39.4 Å². The summed E-state index contributed by atoms with van der Waals surface area (Å²) >= 11 is 0. The smallest absolute Gasteiger partial charge is 0.292 e. The van der Waals surface area contributed by atoms with Gasteiger partial charge in [0.15, 0.2) is 0 Å². The molecule has 0 aliphatic carbocycles. The third-order valence-electron chi connectivity index (χ3n) is 2.39. The van der Waals surface area contributed by atoms with Gasteiger partial charge in [-0.1, -0.05) is 12.2 Å². The second-order valence-electron chi connectivity index (χ2n) is 3.84. The molecule has 0 spiro atoms. The number of hydrogen-bond donors (Lipinski definition) is 2. The van der Waals surface area contributed by atoms with Gasteiger partial charge in [0.1, 0.15) is 5.69 Å². The summed E-state index contributed by atoms with van der Waals surface area (Å²) in [5.74, 6) is 0. The van der Waals surface area contributed by atoms with E-state index in [4.69, 9.17) is 5.73 Å². The van der Waals surface area contributed by atoms with Crippen LogP contribution in [0.15, 0.2) is 18.2 Å². The van der Waals surface area contributed by atoms with Crippen molar-refractivity contribution in [2.45, 2.75) is 13.3 Å². The first-order valence-electron chi connectivity index (χ1n) is 5.42. The molecular formula is C12H17N3O2. The summed E-state index contributed by atoms with van der Waals surface area (Å²) in [6.45, 7) is 2.68. The maximum absolute atomic E-state index is 10.8. The lowest BCUT2D eigenvalue weighted by Gasteiger charge is -2.03. The lowest BCUT2D eigenvalue weighted by atomic mass is 10.1. The average molecular weight is 235 g/mol. The van der Waals surface area contributed by atoms with Gasteiger partial charge in [-0.25, -0.2) is 0 Å². The molecule has 0 aliphatic rings. The van der Waals surface area contributed by atoms with E-state index in [0.717, 1.165) is 18.5 Å². The van der Waals surface area contributed by atoms with Crippen LogP contribution in [0.4, 0.5) is 11.4 Å². The van der Waals surface area contributed by atoms with Gasteiger partial charge in [-0.15, -0.1) is 0 Å². The van der Waals surface area contributed by atoms with Gasteiger partial charge < -0.3 is 11.1 Å². The molecule has 92 valence electrons. The second kappa shape index (κ2) is 6.00. The van der Waals surface area contributed by atoms with E-state index in [1.165, 1.54) is 6.07 Å².